The lowest BCUT2D eigenvalue weighted by atomic mass is 9.63. The number of carbonyl (C=O) groups is 1. The van der Waals surface area contributed by atoms with Crippen molar-refractivity contribution in [3.63, 3.8) is 0 Å². The van der Waals surface area contributed by atoms with Crippen molar-refractivity contribution in [3.05, 3.63) is 59.8 Å². The Morgan fingerprint density at radius 2 is 2.10 bits per heavy atom. The number of pyridine rings is 1. The number of nitrogens with zero attached hydrogens (tertiary/aromatic N) is 1. The molecule has 4 N–H and O–H groups in total. The second kappa shape index (κ2) is 6.59. The van der Waals surface area contributed by atoms with Crippen LogP contribution in [0.2, 0.25) is 0 Å². The molecule has 2 saturated heterocycles. The van der Waals surface area contributed by atoms with Crippen LogP contribution in [0.1, 0.15) is 28.8 Å². The fourth-order valence-corrected chi connectivity index (χ4v) is 5.32. The number of hydrogen-bond acceptors (Lipinski definition) is 6. The van der Waals surface area contributed by atoms with E-state index in [1.165, 1.54) is 0 Å². The van der Waals surface area contributed by atoms with Crippen LogP contribution in [0.3, 0.4) is 0 Å². The quantitative estimate of drug-likeness (QED) is 0.571. The van der Waals surface area contributed by atoms with E-state index in [4.69, 9.17) is 15.2 Å². The molecule has 7 nitrogen and oxygen atoms in total. The zero-order valence-corrected chi connectivity index (χ0v) is 17.1. The van der Waals surface area contributed by atoms with E-state index in [0.29, 0.717) is 25.6 Å². The second-order valence-electron chi connectivity index (χ2n) is 9.07. The molecule has 2 aromatic carbocycles. The number of amides is 1. The van der Waals surface area contributed by atoms with Gasteiger partial charge in [0.15, 0.2) is 0 Å². The van der Waals surface area contributed by atoms with Crippen LogP contribution in [0.25, 0.3) is 10.8 Å². The van der Waals surface area contributed by atoms with Crippen LogP contribution < -0.4 is 21.1 Å². The molecule has 3 aliphatic heterocycles. The van der Waals surface area contributed by atoms with Crippen LogP contribution in [-0.2, 0) is 11.3 Å². The minimum absolute atomic E-state index is 0.00856. The van der Waals surface area contributed by atoms with Crippen LogP contribution >= 0.6 is 0 Å². The zero-order chi connectivity index (χ0) is 21.1. The van der Waals surface area contributed by atoms with E-state index >= 15 is 0 Å². The lowest BCUT2D eigenvalue weighted by Gasteiger charge is -2.44. The fraction of sp³-hybridized carbons (Fsp3) is 0.333. The molecule has 3 aromatic rings. The number of nitrogen functional groups attached to an aromatic ring is 1. The molecule has 0 atom stereocenters. The molecule has 4 aliphatic rings. The molecule has 0 radical (unpaired) electrons. The number of hydrogen-bond donors (Lipinski definition) is 3. The molecule has 3 fully saturated rings. The van der Waals surface area contributed by atoms with Gasteiger partial charge in [-0.15, -0.1) is 0 Å². The molecule has 1 aliphatic carbocycles. The van der Waals surface area contributed by atoms with Gasteiger partial charge in [0.25, 0.3) is 5.91 Å². The lowest BCUT2D eigenvalue weighted by molar-refractivity contribution is -0.0134. The van der Waals surface area contributed by atoms with E-state index in [9.17, 15) is 4.79 Å². The molecule has 1 aromatic heterocycles. The summed E-state index contributed by atoms with van der Waals surface area (Å²) in [5.74, 6) is 1.35. The van der Waals surface area contributed by atoms with Gasteiger partial charge in [0.05, 0.1) is 18.8 Å². The van der Waals surface area contributed by atoms with Crippen molar-refractivity contribution in [2.45, 2.75) is 25.0 Å². The van der Waals surface area contributed by atoms with Gasteiger partial charge < -0.3 is 25.8 Å². The third-order valence-electron chi connectivity index (χ3n) is 6.82. The maximum Gasteiger partial charge on any atom is 0.251 e. The highest BCUT2D eigenvalue weighted by Crippen LogP contribution is 2.58. The molecule has 1 saturated carbocycles. The maximum atomic E-state index is 11.7. The van der Waals surface area contributed by atoms with Gasteiger partial charge in [-0.2, -0.15) is 0 Å². The Morgan fingerprint density at radius 3 is 3.00 bits per heavy atom. The van der Waals surface area contributed by atoms with Crippen molar-refractivity contribution in [2.75, 3.05) is 30.8 Å². The van der Waals surface area contributed by atoms with E-state index < -0.39 is 0 Å². The highest BCUT2D eigenvalue weighted by atomic mass is 16.5. The van der Waals surface area contributed by atoms with E-state index in [1.54, 1.807) is 6.20 Å². The van der Waals surface area contributed by atoms with Crippen molar-refractivity contribution in [3.8, 4) is 5.75 Å². The largest absolute Gasteiger partial charge is 0.493 e. The molecule has 0 unspecified atom stereocenters. The van der Waals surface area contributed by atoms with E-state index in [1.807, 2.05) is 36.4 Å². The molecule has 7 rings (SSSR count). The summed E-state index contributed by atoms with van der Waals surface area (Å²) < 4.78 is 12.3. The van der Waals surface area contributed by atoms with Crippen molar-refractivity contribution >= 4 is 28.2 Å². The minimum atomic E-state index is -0.141. The first kappa shape index (κ1) is 18.4. The summed E-state index contributed by atoms with van der Waals surface area (Å²) in [6.45, 7) is 2.67. The molecular weight excluding hydrogens is 392 g/mol. The fourth-order valence-electron chi connectivity index (χ4n) is 5.32. The van der Waals surface area contributed by atoms with Gasteiger partial charge in [-0.3, -0.25) is 4.79 Å². The highest BCUT2D eigenvalue weighted by molar-refractivity contribution is 5.99. The van der Waals surface area contributed by atoms with Crippen molar-refractivity contribution in [2.24, 2.45) is 5.41 Å². The van der Waals surface area contributed by atoms with Crippen molar-refractivity contribution < 1.29 is 14.3 Å². The van der Waals surface area contributed by atoms with Gasteiger partial charge in [0.1, 0.15) is 11.6 Å². The predicted molar refractivity (Wildman–Crippen MR) is 118 cm³/mol. The Labute approximate surface area is 179 Å². The number of aromatic nitrogens is 1. The minimum Gasteiger partial charge on any atom is -0.493 e. The molecule has 158 valence electrons. The van der Waals surface area contributed by atoms with Gasteiger partial charge in [-0.25, -0.2) is 4.98 Å². The highest BCUT2D eigenvalue weighted by Gasteiger charge is 2.62. The first-order chi connectivity index (χ1) is 15.0. The number of benzene rings is 2. The Balaban J connectivity index is 1.09. The van der Waals surface area contributed by atoms with E-state index in [-0.39, 0.29) is 16.9 Å². The molecule has 2 bridgehead atoms. The molecule has 1 amide bonds. The average Bonchev–Trinajstić information content (AvgIpc) is 3.43. The Kier molecular flexibility index (Phi) is 3.92. The summed E-state index contributed by atoms with van der Waals surface area (Å²) >= 11 is 0. The van der Waals surface area contributed by atoms with Gasteiger partial charge in [0, 0.05) is 46.7 Å². The van der Waals surface area contributed by atoms with Gasteiger partial charge in [-0.05, 0) is 48.7 Å². The number of carbonyl (C=O) groups excluding carboxylic acids is 1. The zero-order valence-electron chi connectivity index (χ0n) is 17.1. The SMILES string of the molecule is Nc1nccc2c(NCC34CC(COc5ccc6c(c5)CNC6=O)(CO3)C4)cccc12. The van der Waals surface area contributed by atoms with Crippen LogP contribution in [0.4, 0.5) is 11.5 Å². The van der Waals surface area contributed by atoms with E-state index in [0.717, 1.165) is 52.7 Å². The number of ether oxygens (including phenoxy) is 2. The molecule has 0 spiro atoms. The first-order valence-electron chi connectivity index (χ1n) is 10.6. The van der Waals surface area contributed by atoms with Crippen LogP contribution in [0.5, 0.6) is 5.75 Å². The molecular formula is C24H24N4O3. The maximum absolute atomic E-state index is 11.7. The number of fused-ring (bicyclic) bond motifs is 3. The average molecular weight is 416 g/mol. The van der Waals surface area contributed by atoms with Gasteiger partial charge >= 0.3 is 0 Å². The third-order valence-corrected chi connectivity index (χ3v) is 6.82. The van der Waals surface area contributed by atoms with Gasteiger partial charge in [0.2, 0.25) is 0 Å². The van der Waals surface area contributed by atoms with Crippen molar-refractivity contribution in [1.82, 2.24) is 10.3 Å². The molecule has 4 heterocycles. The second-order valence-corrected chi connectivity index (χ2v) is 9.07. The third kappa shape index (κ3) is 2.99. The normalized spacial score (nSPS) is 25.7. The number of nitrogens with one attached hydrogen (secondary N) is 2. The Bertz CT molecular complexity index is 1200. The number of nitrogens with two attached hydrogens (primary N) is 1. The topological polar surface area (TPSA) is 98.5 Å². The lowest BCUT2D eigenvalue weighted by Crippen LogP contribution is -2.51. The molecule has 31 heavy (non-hydrogen) atoms. The van der Waals surface area contributed by atoms with Crippen LogP contribution in [-0.4, -0.2) is 36.3 Å². The van der Waals surface area contributed by atoms with Crippen molar-refractivity contribution in [1.29, 1.82) is 0 Å². The van der Waals surface area contributed by atoms with Crippen LogP contribution in [0.15, 0.2) is 48.7 Å². The standard InChI is InChI=1S/C24H24N4O3/c25-21-19-2-1-3-20(18(19)6-7-26-21)28-12-24-10-23(11-24,14-31-24)13-30-16-4-5-17-15(8-16)9-27-22(17)29/h1-8,28H,9-14H2,(H2,25,26)(H,27,29). The van der Waals surface area contributed by atoms with Gasteiger partial charge in [-0.1, -0.05) is 12.1 Å². The summed E-state index contributed by atoms with van der Waals surface area (Å²) in [7, 11) is 0. The smallest absolute Gasteiger partial charge is 0.251 e. The summed E-state index contributed by atoms with van der Waals surface area (Å²) in [6.07, 6.45) is 3.70. The number of rotatable bonds is 6. The summed E-state index contributed by atoms with van der Waals surface area (Å²) in [5, 5.41) is 8.44. The van der Waals surface area contributed by atoms with Crippen LogP contribution in [0, 0.1) is 5.41 Å². The Morgan fingerprint density at radius 1 is 1.19 bits per heavy atom. The summed E-state index contributed by atoms with van der Waals surface area (Å²) in [5.41, 5.74) is 8.74. The summed E-state index contributed by atoms with van der Waals surface area (Å²) in [6, 6.07) is 13.7. The predicted octanol–water partition coefficient (Wildman–Crippen LogP) is 3.10. The number of anilines is 2. The monoisotopic (exact) mass is 416 g/mol. The Hall–Kier alpha value is -3.32. The van der Waals surface area contributed by atoms with E-state index in [2.05, 4.69) is 21.7 Å². The first-order valence-corrected chi connectivity index (χ1v) is 10.6. The summed E-state index contributed by atoms with van der Waals surface area (Å²) in [4.78, 5) is 15.9. The molecule has 7 heteroatoms.